The summed E-state index contributed by atoms with van der Waals surface area (Å²) in [5.74, 6) is 0. The van der Waals surface area contributed by atoms with Gasteiger partial charge in [0.2, 0.25) is 0 Å². The van der Waals surface area contributed by atoms with Crippen molar-refractivity contribution in [1.29, 1.82) is 0 Å². The number of rotatable bonds is 2. The third-order valence-corrected chi connectivity index (χ3v) is 2.10. The molecule has 0 aromatic rings. The van der Waals surface area contributed by atoms with Gasteiger partial charge in [-0.2, -0.15) is 0 Å². The van der Waals surface area contributed by atoms with Crippen LogP contribution in [0.4, 0.5) is 4.79 Å². The van der Waals surface area contributed by atoms with Crippen LogP contribution in [0.5, 0.6) is 0 Å². The Labute approximate surface area is 96.9 Å². The molecule has 16 heavy (non-hydrogen) atoms. The number of hydrogen-bond donors (Lipinski definition) is 2. The summed E-state index contributed by atoms with van der Waals surface area (Å²) < 4.78 is 10.8. The second-order valence-corrected chi connectivity index (χ2v) is 5.11. The molecule has 2 N–H and O–H groups in total. The highest BCUT2D eigenvalue weighted by atomic mass is 16.6. The molecule has 5 heteroatoms. The zero-order valence-electron chi connectivity index (χ0n) is 10.5. The van der Waals surface area contributed by atoms with Crippen molar-refractivity contribution in [2.75, 3.05) is 19.6 Å². The number of hydrogen-bond acceptors (Lipinski definition) is 4. The van der Waals surface area contributed by atoms with Gasteiger partial charge in [-0.05, 0) is 27.7 Å². The molecule has 0 bridgehead atoms. The Morgan fingerprint density at radius 2 is 2.19 bits per heavy atom. The highest BCUT2D eigenvalue weighted by molar-refractivity contribution is 5.67. The lowest BCUT2D eigenvalue weighted by molar-refractivity contribution is -0.0273. The summed E-state index contributed by atoms with van der Waals surface area (Å²) in [6.45, 7) is 9.63. The van der Waals surface area contributed by atoms with Crippen molar-refractivity contribution in [2.45, 2.75) is 45.5 Å². The van der Waals surface area contributed by atoms with E-state index in [1.165, 1.54) is 0 Å². The largest absolute Gasteiger partial charge is 0.444 e. The van der Waals surface area contributed by atoms with E-state index in [4.69, 9.17) is 9.47 Å². The lowest BCUT2D eigenvalue weighted by Crippen LogP contribution is -2.49. The van der Waals surface area contributed by atoms with Crippen molar-refractivity contribution in [3.05, 3.63) is 0 Å². The molecule has 0 aromatic heterocycles. The van der Waals surface area contributed by atoms with Crippen LogP contribution in [0, 0.1) is 0 Å². The van der Waals surface area contributed by atoms with Gasteiger partial charge in [0, 0.05) is 19.6 Å². The molecular weight excluding hydrogens is 208 g/mol. The predicted molar refractivity (Wildman–Crippen MR) is 61.4 cm³/mol. The molecule has 1 heterocycles. The zero-order chi connectivity index (χ0) is 12.2. The number of carbonyl (C=O) groups is 1. The average molecular weight is 230 g/mol. The van der Waals surface area contributed by atoms with Crippen LogP contribution in [0.25, 0.3) is 0 Å². The zero-order valence-corrected chi connectivity index (χ0v) is 10.5. The summed E-state index contributed by atoms with van der Waals surface area (Å²) in [4.78, 5) is 11.4. The maximum absolute atomic E-state index is 11.4. The summed E-state index contributed by atoms with van der Waals surface area (Å²) in [6, 6.07) is 0. The van der Waals surface area contributed by atoms with Gasteiger partial charge in [-0.15, -0.1) is 0 Å². The van der Waals surface area contributed by atoms with Crippen LogP contribution in [0.2, 0.25) is 0 Å². The van der Waals surface area contributed by atoms with E-state index in [1.807, 2.05) is 27.7 Å². The maximum Gasteiger partial charge on any atom is 0.407 e. The van der Waals surface area contributed by atoms with Gasteiger partial charge < -0.3 is 20.1 Å². The number of amides is 1. The Morgan fingerprint density at radius 3 is 2.75 bits per heavy atom. The van der Waals surface area contributed by atoms with E-state index in [1.54, 1.807) is 0 Å². The molecule has 2 atom stereocenters. The molecular formula is C11H22N2O3. The molecule has 0 saturated carbocycles. The Kier molecular flexibility index (Phi) is 4.56. The molecule has 1 amide bonds. The SMILES string of the molecule is CC1CNCC(CNC(=O)OC(C)(C)C)O1. The first kappa shape index (κ1) is 13.3. The molecule has 1 aliphatic rings. The summed E-state index contributed by atoms with van der Waals surface area (Å²) in [7, 11) is 0. The molecule has 94 valence electrons. The number of alkyl carbamates (subject to hydrolysis) is 1. The van der Waals surface area contributed by atoms with Crippen molar-refractivity contribution in [1.82, 2.24) is 10.6 Å². The number of nitrogens with one attached hydrogen (secondary N) is 2. The first-order valence-electron chi connectivity index (χ1n) is 5.70. The molecule has 0 aromatic carbocycles. The second-order valence-electron chi connectivity index (χ2n) is 5.11. The van der Waals surface area contributed by atoms with Gasteiger partial charge >= 0.3 is 6.09 Å². The fourth-order valence-electron chi connectivity index (χ4n) is 1.50. The van der Waals surface area contributed by atoms with Crippen LogP contribution in [0.1, 0.15) is 27.7 Å². The molecule has 1 fully saturated rings. The summed E-state index contributed by atoms with van der Waals surface area (Å²) in [6.07, 6.45) is -0.176. The van der Waals surface area contributed by atoms with Crippen LogP contribution in [0.15, 0.2) is 0 Å². The fraction of sp³-hybridized carbons (Fsp3) is 0.909. The van der Waals surface area contributed by atoms with Crippen molar-refractivity contribution in [3.63, 3.8) is 0 Å². The van der Waals surface area contributed by atoms with Gasteiger partial charge in [-0.25, -0.2) is 4.79 Å². The first-order chi connectivity index (χ1) is 7.37. The number of carbonyl (C=O) groups excluding carboxylic acids is 1. The molecule has 1 rings (SSSR count). The standard InChI is InChI=1S/C11H22N2O3/c1-8-5-12-6-9(15-8)7-13-10(14)16-11(2,3)4/h8-9,12H,5-7H2,1-4H3,(H,13,14). The lowest BCUT2D eigenvalue weighted by atomic mass is 10.2. The third-order valence-electron chi connectivity index (χ3n) is 2.10. The monoisotopic (exact) mass is 230 g/mol. The van der Waals surface area contributed by atoms with Crippen LogP contribution in [0.3, 0.4) is 0 Å². The molecule has 5 nitrogen and oxygen atoms in total. The van der Waals surface area contributed by atoms with Gasteiger partial charge in [0.25, 0.3) is 0 Å². The van der Waals surface area contributed by atoms with Gasteiger partial charge in [-0.1, -0.05) is 0 Å². The van der Waals surface area contributed by atoms with Crippen molar-refractivity contribution in [3.8, 4) is 0 Å². The second kappa shape index (κ2) is 5.50. The highest BCUT2D eigenvalue weighted by Gasteiger charge is 2.21. The van der Waals surface area contributed by atoms with Crippen LogP contribution in [-0.2, 0) is 9.47 Å². The Morgan fingerprint density at radius 1 is 1.50 bits per heavy atom. The fourth-order valence-corrected chi connectivity index (χ4v) is 1.50. The molecule has 0 aliphatic carbocycles. The van der Waals surface area contributed by atoms with Crippen LogP contribution >= 0.6 is 0 Å². The highest BCUT2D eigenvalue weighted by Crippen LogP contribution is 2.07. The number of ether oxygens (including phenoxy) is 2. The molecule has 2 unspecified atom stereocenters. The molecule has 1 aliphatic heterocycles. The van der Waals surface area contributed by atoms with E-state index in [0.717, 1.165) is 13.1 Å². The average Bonchev–Trinajstić information content (AvgIpc) is 2.12. The van der Waals surface area contributed by atoms with E-state index < -0.39 is 11.7 Å². The predicted octanol–water partition coefficient (Wildman–Crippen LogP) is 0.888. The summed E-state index contributed by atoms with van der Waals surface area (Å²) in [5.41, 5.74) is -0.455. The van der Waals surface area contributed by atoms with Crippen molar-refractivity contribution >= 4 is 6.09 Å². The maximum atomic E-state index is 11.4. The molecule has 0 radical (unpaired) electrons. The lowest BCUT2D eigenvalue weighted by Gasteiger charge is -2.29. The Bertz CT molecular complexity index is 238. The normalized spacial score (nSPS) is 26.2. The van der Waals surface area contributed by atoms with Gasteiger partial charge in [0.1, 0.15) is 5.60 Å². The molecule has 1 saturated heterocycles. The van der Waals surface area contributed by atoms with Gasteiger partial charge in [0.05, 0.1) is 12.2 Å². The van der Waals surface area contributed by atoms with E-state index in [-0.39, 0.29) is 12.2 Å². The van der Waals surface area contributed by atoms with E-state index in [2.05, 4.69) is 10.6 Å². The van der Waals surface area contributed by atoms with Crippen LogP contribution < -0.4 is 10.6 Å². The molecule has 0 spiro atoms. The first-order valence-corrected chi connectivity index (χ1v) is 5.70. The van der Waals surface area contributed by atoms with Crippen molar-refractivity contribution in [2.24, 2.45) is 0 Å². The quantitative estimate of drug-likeness (QED) is 0.739. The summed E-state index contributed by atoms with van der Waals surface area (Å²) >= 11 is 0. The Balaban J connectivity index is 2.21. The minimum Gasteiger partial charge on any atom is -0.444 e. The van der Waals surface area contributed by atoms with E-state index in [9.17, 15) is 4.79 Å². The topological polar surface area (TPSA) is 59.6 Å². The smallest absolute Gasteiger partial charge is 0.407 e. The summed E-state index contributed by atoms with van der Waals surface area (Å²) in [5, 5.41) is 5.94. The van der Waals surface area contributed by atoms with Crippen LogP contribution in [-0.4, -0.2) is 43.5 Å². The Hall–Kier alpha value is -0.810. The number of morpholine rings is 1. The van der Waals surface area contributed by atoms with E-state index >= 15 is 0 Å². The van der Waals surface area contributed by atoms with Gasteiger partial charge in [0.15, 0.2) is 0 Å². The third kappa shape index (κ3) is 5.32. The van der Waals surface area contributed by atoms with Crippen molar-refractivity contribution < 1.29 is 14.3 Å². The van der Waals surface area contributed by atoms with Gasteiger partial charge in [-0.3, -0.25) is 0 Å². The minimum absolute atomic E-state index is 0.0243. The van der Waals surface area contributed by atoms with E-state index in [0.29, 0.717) is 6.54 Å². The minimum atomic E-state index is -0.455.